The van der Waals surface area contributed by atoms with E-state index >= 15 is 0 Å². The quantitative estimate of drug-likeness (QED) is 0.913. The molecule has 0 bridgehead atoms. The number of halogens is 1. The molecule has 1 atom stereocenters. The minimum absolute atomic E-state index is 0.0985. The van der Waals surface area contributed by atoms with E-state index < -0.39 is 6.10 Å². The number of carbonyl (C=O) groups excluding carboxylic acids is 1. The van der Waals surface area contributed by atoms with E-state index in [0.717, 1.165) is 18.4 Å². The van der Waals surface area contributed by atoms with Crippen LogP contribution >= 0.6 is 11.6 Å². The molecule has 3 rings (SSSR count). The highest BCUT2D eigenvalue weighted by atomic mass is 35.5. The van der Waals surface area contributed by atoms with Crippen molar-refractivity contribution < 1.29 is 9.53 Å². The molecule has 21 heavy (non-hydrogen) atoms. The molecule has 0 aliphatic heterocycles. The topological polar surface area (TPSA) is 38.3 Å². The van der Waals surface area contributed by atoms with Crippen molar-refractivity contribution in [2.75, 3.05) is 0 Å². The van der Waals surface area contributed by atoms with Gasteiger partial charge in [-0.1, -0.05) is 41.9 Å². The fraction of sp³-hybridized carbons (Fsp3) is 0.235. The summed E-state index contributed by atoms with van der Waals surface area (Å²) in [6.07, 6.45) is 1.45. The smallest absolute Gasteiger partial charge is 0.266 e. The second kappa shape index (κ2) is 6.19. The van der Waals surface area contributed by atoms with Gasteiger partial charge in [0.25, 0.3) is 5.91 Å². The molecule has 0 spiro atoms. The Morgan fingerprint density at radius 3 is 2.38 bits per heavy atom. The van der Waals surface area contributed by atoms with E-state index in [1.807, 2.05) is 30.3 Å². The van der Waals surface area contributed by atoms with Crippen LogP contribution in [0.3, 0.4) is 0 Å². The van der Waals surface area contributed by atoms with E-state index in [-0.39, 0.29) is 5.91 Å². The SMILES string of the molecule is O=C(NC1CC1)[C@H](Oc1ccc(Cl)cc1)c1ccccc1. The van der Waals surface area contributed by atoms with Crippen LogP contribution in [0.15, 0.2) is 54.6 Å². The van der Waals surface area contributed by atoms with Gasteiger partial charge in [0.2, 0.25) is 6.10 Å². The maximum Gasteiger partial charge on any atom is 0.266 e. The predicted molar refractivity (Wildman–Crippen MR) is 82.4 cm³/mol. The highest BCUT2D eigenvalue weighted by Gasteiger charge is 2.29. The number of carbonyl (C=O) groups is 1. The lowest BCUT2D eigenvalue weighted by atomic mass is 10.1. The van der Waals surface area contributed by atoms with Crippen molar-refractivity contribution in [3.05, 3.63) is 65.2 Å². The van der Waals surface area contributed by atoms with Crippen LogP contribution in [0.4, 0.5) is 0 Å². The second-order valence-corrected chi connectivity index (χ2v) is 5.58. The Kier molecular flexibility index (Phi) is 4.11. The summed E-state index contributed by atoms with van der Waals surface area (Å²) in [5, 5.41) is 3.63. The molecule has 0 heterocycles. The molecule has 1 aliphatic carbocycles. The molecule has 0 unspecified atom stereocenters. The van der Waals surface area contributed by atoms with Crippen LogP contribution < -0.4 is 10.1 Å². The van der Waals surface area contributed by atoms with E-state index in [9.17, 15) is 4.79 Å². The van der Waals surface area contributed by atoms with Gasteiger partial charge in [0, 0.05) is 16.6 Å². The predicted octanol–water partition coefficient (Wildman–Crippen LogP) is 3.74. The maximum atomic E-state index is 12.4. The molecule has 1 fully saturated rings. The van der Waals surface area contributed by atoms with Crippen LogP contribution in [0.1, 0.15) is 24.5 Å². The molecule has 1 amide bonds. The molecular weight excluding hydrogens is 286 g/mol. The molecule has 0 aromatic heterocycles. The van der Waals surface area contributed by atoms with Gasteiger partial charge in [0.05, 0.1) is 0 Å². The Bertz CT molecular complexity index is 608. The van der Waals surface area contributed by atoms with Gasteiger partial charge in [-0.25, -0.2) is 0 Å². The average Bonchev–Trinajstić information content (AvgIpc) is 3.31. The molecule has 1 N–H and O–H groups in total. The summed E-state index contributed by atoms with van der Waals surface area (Å²) in [7, 11) is 0. The lowest BCUT2D eigenvalue weighted by Crippen LogP contribution is -2.33. The summed E-state index contributed by atoms with van der Waals surface area (Å²) in [6, 6.07) is 16.8. The fourth-order valence-corrected chi connectivity index (χ4v) is 2.18. The molecule has 2 aromatic carbocycles. The zero-order valence-electron chi connectivity index (χ0n) is 11.5. The Morgan fingerprint density at radius 1 is 1.10 bits per heavy atom. The molecule has 1 aliphatic rings. The van der Waals surface area contributed by atoms with Crippen molar-refractivity contribution in [1.82, 2.24) is 5.32 Å². The second-order valence-electron chi connectivity index (χ2n) is 5.15. The molecule has 0 saturated heterocycles. The van der Waals surface area contributed by atoms with Crippen LogP contribution in [0.25, 0.3) is 0 Å². The minimum atomic E-state index is -0.645. The molecule has 1 saturated carbocycles. The van der Waals surface area contributed by atoms with E-state index in [2.05, 4.69) is 5.32 Å². The summed E-state index contributed by atoms with van der Waals surface area (Å²) in [6.45, 7) is 0. The summed E-state index contributed by atoms with van der Waals surface area (Å²) in [5.74, 6) is 0.526. The van der Waals surface area contributed by atoms with Crippen LogP contribution in [-0.2, 0) is 4.79 Å². The van der Waals surface area contributed by atoms with Crippen LogP contribution in [0, 0.1) is 0 Å². The minimum Gasteiger partial charge on any atom is -0.476 e. The van der Waals surface area contributed by atoms with Crippen LogP contribution in [-0.4, -0.2) is 11.9 Å². The van der Waals surface area contributed by atoms with E-state index in [4.69, 9.17) is 16.3 Å². The average molecular weight is 302 g/mol. The van der Waals surface area contributed by atoms with Gasteiger partial charge in [-0.05, 0) is 37.1 Å². The number of nitrogens with one attached hydrogen (secondary N) is 1. The Hall–Kier alpha value is -2.00. The van der Waals surface area contributed by atoms with Gasteiger partial charge < -0.3 is 10.1 Å². The third-order valence-electron chi connectivity index (χ3n) is 3.33. The molecular formula is C17H16ClNO2. The molecule has 3 nitrogen and oxygen atoms in total. The van der Waals surface area contributed by atoms with E-state index in [0.29, 0.717) is 16.8 Å². The summed E-state index contributed by atoms with van der Waals surface area (Å²) < 4.78 is 5.88. The zero-order valence-corrected chi connectivity index (χ0v) is 12.2. The van der Waals surface area contributed by atoms with Crippen molar-refractivity contribution in [3.8, 4) is 5.75 Å². The number of hydrogen-bond donors (Lipinski definition) is 1. The number of rotatable bonds is 5. The normalized spacial score (nSPS) is 15.3. The summed E-state index contributed by atoms with van der Waals surface area (Å²) in [5.41, 5.74) is 0.839. The van der Waals surface area contributed by atoms with Gasteiger partial charge in [0.1, 0.15) is 5.75 Å². The van der Waals surface area contributed by atoms with Gasteiger partial charge in [-0.2, -0.15) is 0 Å². The first-order chi connectivity index (χ1) is 10.2. The van der Waals surface area contributed by atoms with Crippen molar-refractivity contribution in [2.24, 2.45) is 0 Å². The van der Waals surface area contributed by atoms with Gasteiger partial charge in [0.15, 0.2) is 0 Å². The van der Waals surface area contributed by atoms with E-state index in [1.165, 1.54) is 0 Å². The van der Waals surface area contributed by atoms with Gasteiger partial charge in [-0.3, -0.25) is 4.79 Å². The van der Waals surface area contributed by atoms with Crippen molar-refractivity contribution in [1.29, 1.82) is 0 Å². The first kappa shape index (κ1) is 14.0. The number of amides is 1. The van der Waals surface area contributed by atoms with Crippen LogP contribution in [0.5, 0.6) is 5.75 Å². The van der Waals surface area contributed by atoms with Crippen LogP contribution in [0.2, 0.25) is 5.02 Å². The number of hydrogen-bond acceptors (Lipinski definition) is 2. The molecule has 0 radical (unpaired) electrons. The number of ether oxygens (including phenoxy) is 1. The van der Waals surface area contributed by atoms with Gasteiger partial charge >= 0.3 is 0 Å². The standard InChI is InChI=1S/C17H16ClNO2/c18-13-6-10-15(11-7-13)21-16(12-4-2-1-3-5-12)17(20)19-14-8-9-14/h1-7,10-11,14,16H,8-9H2,(H,19,20)/t16-/m1/s1. The van der Waals surface area contributed by atoms with E-state index in [1.54, 1.807) is 24.3 Å². The summed E-state index contributed by atoms with van der Waals surface area (Å²) in [4.78, 5) is 12.4. The first-order valence-electron chi connectivity index (χ1n) is 7.00. The highest BCUT2D eigenvalue weighted by molar-refractivity contribution is 6.30. The molecule has 108 valence electrons. The van der Waals surface area contributed by atoms with Gasteiger partial charge in [-0.15, -0.1) is 0 Å². The Labute approximate surface area is 128 Å². The third kappa shape index (κ3) is 3.76. The molecule has 2 aromatic rings. The lowest BCUT2D eigenvalue weighted by molar-refractivity contribution is -0.128. The lowest BCUT2D eigenvalue weighted by Gasteiger charge is -2.19. The highest BCUT2D eigenvalue weighted by Crippen LogP contribution is 2.26. The number of benzene rings is 2. The third-order valence-corrected chi connectivity index (χ3v) is 3.58. The largest absolute Gasteiger partial charge is 0.476 e. The van der Waals surface area contributed by atoms with Crippen molar-refractivity contribution in [2.45, 2.75) is 25.0 Å². The zero-order chi connectivity index (χ0) is 14.7. The van der Waals surface area contributed by atoms with Crippen molar-refractivity contribution in [3.63, 3.8) is 0 Å². The fourth-order valence-electron chi connectivity index (χ4n) is 2.05. The first-order valence-corrected chi connectivity index (χ1v) is 7.38. The van der Waals surface area contributed by atoms with Crippen molar-refractivity contribution >= 4 is 17.5 Å². The Balaban J connectivity index is 1.80. The monoisotopic (exact) mass is 301 g/mol. The molecule has 4 heteroatoms. The maximum absolute atomic E-state index is 12.4. The summed E-state index contributed by atoms with van der Waals surface area (Å²) >= 11 is 5.87. The Morgan fingerprint density at radius 2 is 1.76 bits per heavy atom.